The molecular formula is C19H15NO4. The summed E-state index contributed by atoms with van der Waals surface area (Å²) < 4.78 is 0. The van der Waals surface area contributed by atoms with Crippen molar-refractivity contribution >= 4 is 11.5 Å². The van der Waals surface area contributed by atoms with Gasteiger partial charge in [0.1, 0.15) is 11.3 Å². The number of ketones is 1. The quantitative estimate of drug-likeness (QED) is 0.445. The van der Waals surface area contributed by atoms with Crippen LogP contribution in [-0.2, 0) is 0 Å². The lowest BCUT2D eigenvalue weighted by molar-refractivity contribution is -0.385. The first-order valence-corrected chi connectivity index (χ1v) is 7.17. The number of hydrogen-bond acceptors (Lipinski definition) is 4. The van der Waals surface area contributed by atoms with Crippen molar-refractivity contribution in [3.63, 3.8) is 0 Å². The molecule has 0 bridgehead atoms. The number of phenols is 1. The third-order valence-corrected chi connectivity index (χ3v) is 3.14. The van der Waals surface area contributed by atoms with Crippen LogP contribution in [0.5, 0.6) is 5.75 Å². The number of nitrogens with zero attached hydrogens (tertiary/aromatic N) is 1. The van der Waals surface area contributed by atoms with Crippen LogP contribution < -0.4 is 0 Å². The van der Waals surface area contributed by atoms with E-state index in [2.05, 4.69) is 0 Å². The highest BCUT2D eigenvalue weighted by Gasteiger charge is 2.19. The van der Waals surface area contributed by atoms with Crippen LogP contribution >= 0.6 is 0 Å². The predicted molar refractivity (Wildman–Crippen MR) is 91.1 cm³/mol. The highest BCUT2D eigenvalue weighted by molar-refractivity contribution is 6.11. The second kappa shape index (κ2) is 8.24. The molecule has 0 aliphatic heterocycles. The Labute approximate surface area is 139 Å². The Balaban J connectivity index is 0.000000249. The Morgan fingerprint density at radius 3 is 1.79 bits per heavy atom. The second-order valence-corrected chi connectivity index (χ2v) is 4.80. The van der Waals surface area contributed by atoms with Crippen LogP contribution in [0, 0.1) is 10.1 Å². The molecule has 0 aliphatic carbocycles. The minimum atomic E-state index is -0.545. The predicted octanol–water partition coefficient (Wildman–Crippen LogP) is 4.22. The van der Waals surface area contributed by atoms with E-state index >= 15 is 0 Å². The van der Waals surface area contributed by atoms with Gasteiger partial charge in [0.15, 0.2) is 5.78 Å². The molecule has 0 saturated carbocycles. The van der Waals surface area contributed by atoms with Crippen molar-refractivity contribution in [3.05, 3.63) is 106 Å². The van der Waals surface area contributed by atoms with E-state index in [4.69, 9.17) is 5.11 Å². The maximum atomic E-state index is 12.1. The second-order valence-electron chi connectivity index (χ2n) is 4.80. The molecule has 0 saturated heterocycles. The van der Waals surface area contributed by atoms with E-state index in [9.17, 15) is 14.9 Å². The zero-order valence-corrected chi connectivity index (χ0v) is 12.7. The summed E-state index contributed by atoms with van der Waals surface area (Å²) in [5.41, 5.74) is 0.395. The van der Waals surface area contributed by atoms with E-state index in [1.54, 1.807) is 66.7 Å². The van der Waals surface area contributed by atoms with Crippen LogP contribution in [0.3, 0.4) is 0 Å². The minimum absolute atomic E-state index is 0.115. The molecule has 0 fully saturated rings. The van der Waals surface area contributed by atoms with Crippen LogP contribution in [0.1, 0.15) is 15.9 Å². The fourth-order valence-corrected chi connectivity index (χ4v) is 2.00. The molecule has 0 atom stereocenters. The van der Waals surface area contributed by atoms with Crippen LogP contribution in [-0.4, -0.2) is 15.8 Å². The van der Waals surface area contributed by atoms with Crippen molar-refractivity contribution in [2.24, 2.45) is 0 Å². The van der Waals surface area contributed by atoms with Gasteiger partial charge in [0.2, 0.25) is 0 Å². The molecule has 0 aromatic heterocycles. The number of aromatic hydroxyl groups is 1. The lowest BCUT2D eigenvalue weighted by atomic mass is 10.0. The largest absolute Gasteiger partial charge is 0.508 e. The van der Waals surface area contributed by atoms with E-state index in [1.165, 1.54) is 12.1 Å². The summed E-state index contributed by atoms with van der Waals surface area (Å²) in [5, 5.41) is 19.4. The zero-order chi connectivity index (χ0) is 17.4. The summed E-state index contributed by atoms with van der Waals surface area (Å²) in [6.07, 6.45) is 0. The lowest BCUT2D eigenvalue weighted by Gasteiger charge is -2.01. The van der Waals surface area contributed by atoms with Crippen LogP contribution in [0.2, 0.25) is 0 Å². The summed E-state index contributed by atoms with van der Waals surface area (Å²) in [6.45, 7) is 0. The summed E-state index contributed by atoms with van der Waals surface area (Å²) in [7, 11) is 0. The first-order chi connectivity index (χ1) is 11.6. The van der Waals surface area contributed by atoms with Crippen molar-refractivity contribution in [3.8, 4) is 5.75 Å². The van der Waals surface area contributed by atoms with Crippen molar-refractivity contribution in [2.75, 3.05) is 0 Å². The minimum Gasteiger partial charge on any atom is -0.508 e. The van der Waals surface area contributed by atoms with E-state index in [0.717, 1.165) is 0 Å². The van der Waals surface area contributed by atoms with Crippen molar-refractivity contribution in [1.29, 1.82) is 0 Å². The number of hydrogen-bond donors (Lipinski definition) is 1. The van der Waals surface area contributed by atoms with Crippen molar-refractivity contribution < 1.29 is 14.8 Å². The molecule has 0 amide bonds. The van der Waals surface area contributed by atoms with Gasteiger partial charge in [0.25, 0.3) is 5.69 Å². The molecule has 5 nitrogen and oxygen atoms in total. The third-order valence-electron chi connectivity index (χ3n) is 3.14. The van der Waals surface area contributed by atoms with E-state index in [0.29, 0.717) is 11.3 Å². The van der Waals surface area contributed by atoms with E-state index < -0.39 is 4.92 Å². The Bertz CT molecular complexity index is 817. The number of rotatable bonds is 3. The van der Waals surface area contributed by atoms with E-state index in [1.807, 2.05) is 6.07 Å². The van der Waals surface area contributed by atoms with Gasteiger partial charge in [-0.25, -0.2) is 0 Å². The van der Waals surface area contributed by atoms with Crippen LogP contribution in [0.4, 0.5) is 5.69 Å². The molecule has 3 rings (SSSR count). The molecule has 0 radical (unpaired) electrons. The van der Waals surface area contributed by atoms with Gasteiger partial charge < -0.3 is 5.11 Å². The monoisotopic (exact) mass is 321 g/mol. The smallest absolute Gasteiger partial charge is 0.280 e. The molecule has 5 heteroatoms. The average molecular weight is 321 g/mol. The molecule has 0 aliphatic rings. The highest BCUT2D eigenvalue weighted by atomic mass is 16.6. The molecule has 0 unspecified atom stereocenters. The standard InChI is InChI=1S/C13H9NO3.C6H6O/c15-13(10-6-2-1-3-7-10)11-8-4-5-9-12(11)14(16)17;7-6-4-2-1-3-5-6/h1-9H;1-5,7H. The van der Waals surface area contributed by atoms with Crippen molar-refractivity contribution in [1.82, 2.24) is 0 Å². The number of nitro benzene ring substituents is 1. The summed E-state index contributed by atoms with van der Waals surface area (Å²) in [6, 6.07) is 23.2. The number of nitro groups is 1. The molecule has 24 heavy (non-hydrogen) atoms. The number of para-hydroxylation sites is 2. The van der Waals surface area contributed by atoms with E-state index in [-0.39, 0.29) is 17.0 Å². The average Bonchev–Trinajstić information content (AvgIpc) is 2.63. The molecule has 0 heterocycles. The number of phenolic OH excluding ortho intramolecular Hbond substituents is 1. The van der Waals surface area contributed by atoms with Gasteiger partial charge in [-0.2, -0.15) is 0 Å². The molecule has 3 aromatic carbocycles. The third kappa shape index (κ3) is 4.51. The van der Waals surface area contributed by atoms with Gasteiger partial charge in [-0.05, 0) is 18.2 Å². The number of carbonyl (C=O) groups excluding carboxylic acids is 1. The van der Waals surface area contributed by atoms with Gasteiger partial charge in [-0.3, -0.25) is 14.9 Å². The van der Waals surface area contributed by atoms with Gasteiger partial charge in [-0.15, -0.1) is 0 Å². The lowest BCUT2D eigenvalue weighted by Crippen LogP contribution is -2.04. The number of benzene rings is 3. The van der Waals surface area contributed by atoms with Gasteiger partial charge in [0.05, 0.1) is 4.92 Å². The summed E-state index contributed by atoms with van der Waals surface area (Å²) in [4.78, 5) is 22.3. The van der Waals surface area contributed by atoms with Gasteiger partial charge in [0, 0.05) is 11.6 Å². The Hall–Kier alpha value is -3.47. The summed E-state index contributed by atoms with van der Waals surface area (Å²) in [5.74, 6) is -0.0135. The topological polar surface area (TPSA) is 80.4 Å². The van der Waals surface area contributed by atoms with Crippen LogP contribution in [0.25, 0.3) is 0 Å². The summed E-state index contributed by atoms with van der Waals surface area (Å²) >= 11 is 0. The van der Waals surface area contributed by atoms with Crippen molar-refractivity contribution in [2.45, 2.75) is 0 Å². The Morgan fingerprint density at radius 1 is 0.792 bits per heavy atom. The highest BCUT2D eigenvalue weighted by Crippen LogP contribution is 2.20. The first kappa shape index (κ1) is 16.9. The maximum Gasteiger partial charge on any atom is 0.280 e. The normalized spacial score (nSPS) is 9.50. The molecule has 1 N–H and O–H groups in total. The molecular weight excluding hydrogens is 306 g/mol. The molecule has 3 aromatic rings. The Morgan fingerprint density at radius 2 is 1.29 bits per heavy atom. The SMILES string of the molecule is O=C(c1ccccc1)c1ccccc1[N+](=O)[O-].Oc1ccccc1. The first-order valence-electron chi connectivity index (χ1n) is 7.17. The van der Waals surface area contributed by atoms with Crippen LogP contribution in [0.15, 0.2) is 84.9 Å². The molecule has 120 valence electrons. The Kier molecular flexibility index (Phi) is 5.80. The fraction of sp³-hybridized carbons (Fsp3) is 0. The fourth-order valence-electron chi connectivity index (χ4n) is 2.00. The van der Waals surface area contributed by atoms with Gasteiger partial charge in [-0.1, -0.05) is 60.7 Å². The zero-order valence-electron chi connectivity index (χ0n) is 12.7. The molecule has 0 spiro atoms. The maximum absolute atomic E-state index is 12.1. The van der Waals surface area contributed by atoms with Gasteiger partial charge >= 0.3 is 0 Å². The number of carbonyl (C=O) groups is 1.